The zero-order valence-corrected chi connectivity index (χ0v) is 18.7. The molecule has 1 saturated heterocycles. The van der Waals surface area contributed by atoms with Crippen molar-refractivity contribution < 1.29 is 24.2 Å². The molecule has 3 saturated carbocycles. The van der Waals surface area contributed by atoms with Crippen LogP contribution in [0.25, 0.3) is 0 Å². The van der Waals surface area contributed by atoms with Crippen LogP contribution < -0.4 is 4.46 Å². The third-order valence-corrected chi connectivity index (χ3v) is 13.5. The summed E-state index contributed by atoms with van der Waals surface area (Å²) in [7, 11) is 0. The first-order valence-electron chi connectivity index (χ1n) is 10.5. The first kappa shape index (κ1) is 19.5. The molecule has 4 aliphatic rings. The van der Waals surface area contributed by atoms with Gasteiger partial charge in [-0.05, 0) is 0 Å². The molecule has 1 aromatic carbocycles. The fourth-order valence-corrected chi connectivity index (χ4v) is 12.8. The van der Waals surface area contributed by atoms with E-state index in [-0.39, 0.29) is 23.4 Å². The van der Waals surface area contributed by atoms with Crippen LogP contribution in [0, 0.1) is 16.7 Å². The zero-order valence-electron chi connectivity index (χ0n) is 17.0. The Morgan fingerprint density at radius 2 is 1.76 bits per heavy atom. The van der Waals surface area contributed by atoms with Crippen LogP contribution in [0.3, 0.4) is 0 Å². The molecule has 1 N–H and O–H groups in total. The van der Waals surface area contributed by atoms with E-state index in [9.17, 15) is 14.7 Å². The van der Waals surface area contributed by atoms with Crippen LogP contribution in [0.4, 0.5) is 0 Å². The van der Waals surface area contributed by atoms with E-state index >= 15 is 0 Å². The van der Waals surface area contributed by atoms with Gasteiger partial charge in [-0.15, -0.1) is 0 Å². The minimum absolute atomic E-state index is 0.0478. The van der Waals surface area contributed by atoms with Crippen molar-refractivity contribution in [3.05, 3.63) is 30.3 Å². The number of hydrogen-bond acceptors (Lipinski definition) is 5. The maximum atomic E-state index is 11.8. The van der Waals surface area contributed by atoms with Gasteiger partial charge >= 0.3 is 175 Å². The van der Waals surface area contributed by atoms with Crippen LogP contribution in [0.1, 0.15) is 52.4 Å². The molecule has 0 radical (unpaired) electrons. The van der Waals surface area contributed by atoms with Crippen LogP contribution in [-0.4, -0.2) is 46.8 Å². The summed E-state index contributed by atoms with van der Waals surface area (Å²) < 4.78 is 13.6. The number of aliphatic hydroxyl groups excluding tert-OH is 1. The van der Waals surface area contributed by atoms with Gasteiger partial charge in [0.2, 0.25) is 0 Å². The van der Waals surface area contributed by atoms with E-state index in [2.05, 4.69) is 38.1 Å². The van der Waals surface area contributed by atoms with Gasteiger partial charge in [0.25, 0.3) is 0 Å². The number of aliphatic hydroxyl groups is 1. The number of benzene rings is 1. The van der Waals surface area contributed by atoms with Gasteiger partial charge in [-0.1, -0.05) is 0 Å². The van der Waals surface area contributed by atoms with Crippen LogP contribution in [0.5, 0.6) is 0 Å². The average Bonchev–Trinajstić information content (AvgIpc) is 2.99. The van der Waals surface area contributed by atoms with Gasteiger partial charge in [0.15, 0.2) is 0 Å². The van der Waals surface area contributed by atoms with Gasteiger partial charge in [-0.25, -0.2) is 0 Å². The number of rotatable bonds is 3. The number of fused-ring (bicyclic) bond motifs is 2. The molecule has 1 unspecified atom stereocenters. The quantitative estimate of drug-likeness (QED) is 0.423. The van der Waals surface area contributed by atoms with E-state index in [1.807, 2.05) is 6.07 Å². The number of carbonyl (C=O) groups is 2. The topological polar surface area (TPSA) is 72.8 Å². The summed E-state index contributed by atoms with van der Waals surface area (Å²) in [6.45, 7) is 4.68. The SMILES string of the molecule is CC1(C)[C@@H]2CC[C@@]1(C[Se](=C1CC3(C1)OC(=O)CC(=O)O3)c1ccccc1)[C@H](O)C2. The Balaban J connectivity index is 1.51. The van der Waals surface area contributed by atoms with E-state index in [1.165, 1.54) is 15.3 Å². The normalized spacial score (nSPS) is 35.2. The van der Waals surface area contributed by atoms with Crippen molar-refractivity contribution in [1.29, 1.82) is 0 Å². The van der Waals surface area contributed by atoms with E-state index in [1.54, 1.807) is 0 Å². The van der Waals surface area contributed by atoms with Crippen molar-refractivity contribution in [2.24, 2.45) is 16.7 Å². The number of hydrogen-bond donors (Lipinski definition) is 1. The molecule has 3 aliphatic carbocycles. The molecule has 0 amide bonds. The molecule has 4 atom stereocenters. The zero-order chi connectivity index (χ0) is 20.4. The van der Waals surface area contributed by atoms with Gasteiger partial charge in [0, 0.05) is 0 Å². The maximum absolute atomic E-state index is 11.8. The predicted molar refractivity (Wildman–Crippen MR) is 110 cm³/mol. The second kappa shape index (κ2) is 6.50. The van der Waals surface area contributed by atoms with Crippen molar-refractivity contribution >= 4 is 34.3 Å². The van der Waals surface area contributed by atoms with E-state index < -0.39 is 31.2 Å². The molecule has 4 fully saturated rings. The van der Waals surface area contributed by atoms with Crippen molar-refractivity contribution in [1.82, 2.24) is 0 Å². The van der Waals surface area contributed by atoms with Crippen molar-refractivity contribution in [2.45, 2.75) is 69.6 Å². The summed E-state index contributed by atoms with van der Waals surface area (Å²) in [4.78, 5) is 23.6. The number of ether oxygens (including phenoxy) is 2. The Labute approximate surface area is 175 Å². The molecule has 0 aromatic heterocycles. The fraction of sp³-hybridized carbons (Fsp3) is 0.609. The molecule has 1 aromatic rings. The van der Waals surface area contributed by atoms with Crippen LogP contribution in [0.2, 0.25) is 5.32 Å². The Morgan fingerprint density at radius 1 is 1.10 bits per heavy atom. The molecular formula is C23H28O5Se. The van der Waals surface area contributed by atoms with E-state index in [4.69, 9.17) is 9.47 Å². The second-order valence-corrected chi connectivity index (χ2v) is 14.1. The Bertz CT molecular complexity index is 879. The van der Waals surface area contributed by atoms with Gasteiger partial charge in [-0.2, -0.15) is 0 Å². The van der Waals surface area contributed by atoms with Crippen molar-refractivity contribution in [2.75, 3.05) is 0 Å². The van der Waals surface area contributed by atoms with Gasteiger partial charge in [0.05, 0.1) is 0 Å². The summed E-state index contributed by atoms with van der Waals surface area (Å²) >= 11 is -1.42. The Morgan fingerprint density at radius 3 is 2.31 bits per heavy atom. The molecule has 5 nitrogen and oxygen atoms in total. The number of carbonyl (C=O) groups excluding carboxylic acids is 2. The molecule has 6 heteroatoms. The fourth-order valence-electron chi connectivity index (χ4n) is 6.07. The molecule has 156 valence electrons. The third-order valence-electron chi connectivity index (χ3n) is 7.99. The van der Waals surface area contributed by atoms with E-state index in [0.29, 0.717) is 18.8 Å². The summed E-state index contributed by atoms with van der Waals surface area (Å²) in [6, 6.07) is 10.6. The number of esters is 2. The van der Waals surface area contributed by atoms with Crippen LogP contribution in [0.15, 0.2) is 30.3 Å². The van der Waals surface area contributed by atoms with Gasteiger partial charge in [0.1, 0.15) is 0 Å². The Hall–Kier alpha value is -1.49. The summed E-state index contributed by atoms with van der Waals surface area (Å²) in [5.74, 6) is -1.45. The third kappa shape index (κ3) is 2.87. The molecule has 29 heavy (non-hydrogen) atoms. The standard InChI is InChI=1S/C23H28O5Se/c1-21(2)15-8-9-22(21,18(24)10-15)14-29(16-6-4-3-5-7-16)17-12-23(13-17)27-19(25)11-20(26)28-23/h3-7,15,18,24H,8-14H2,1-2H3/t15-,18-,22-,29?/m1/s1. The molecule has 1 aliphatic heterocycles. The minimum atomic E-state index is -1.42. The van der Waals surface area contributed by atoms with Gasteiger partial charge < -0.3 is 0 Å². The Kier molecular flexibility index (Phi) is 4.37. The van der Waals surface area contributed by atoms with Gasteiger partial charge in [-0.3, -0.25) is 0 Å². The summed E-state index contributed by atoms with van der Waals surface area (Å²) in [6.07, 6.45) is 3.69. The van der Waals surface area contributed by atoms with Crippen LogP contribution >= 0.6 is 0 Å². The first-order valence-corrected chi connectivity index (χ1v) is 13.4. The molecular weight excluding hydrogens is 435 g/mol. The summed E-state index contributed by atoms with van der Waals surface area (Å²) in [5, 5.41) is 12.1. The molecule has 5 rings (SSSR count). The van der Waals surface area contributed by atoms with Crippen molar-refractivity contribution in [3.8, 4) is 0 Å². The second-order valence-electron chi connectivity index (χ2n) is 9.64. The summed E-state index contributed by atoms with van der Waals surface area (Å²) in [5.41, 5.74) is 0.0859. The molecule has 2 bridgehead atoms. The van der Waals surface area contributed by atoms with E-state index in [0.717, 1.165) is 18.2 Å². The van der Waals surface area contributed by atoms with Crippen LogP contribution in [-0.2, 0) is 19.1 Å². The first-order chi connectivity index (χ1) is 13.7. The molecule has 1 heterocycles. The monoisotopic (exact) mass is 464 g/mol. The molecule has 1 spiro atoms. The predicted octanol–water partition coefficient (Wildman–Crippen LogP) is 2.31. The van der Waals surface area contributed by atoms with Crippen molar-refractivity contribution in [3.63, 3.8) is 0 Å². The average molecular weight is 463 g/mol.